The van der Waals surface area contributed by atoms with E-state index in [-0.39, 0.29) is 12.5 Å². The van der Waals surface area contributed by atoms with Crippen LogP contribution < -0.4 is 10.6 Å². The summed E-state index contributed by atoms with van der Waals surface area (Å²) in [5, 5.41) is 7.90. The van der Waals surface area contributed by atoms with Gasteiger partial charge in [-0.15, -0.1) is 0 Å². The molecular formula is C27H24N4O3. The number of amides is 4. The highest BCUT2D eigenvalue weighted by Crippen LogP contribution is 2.41. The topological polar surface area (TPSA) is 83.4 Å². The lowest BCUT2D eigenvalue weighted by atomic mass is 9.92. The minimum atomic E-state index is -1.06. The van der Waals surface area contributed by atoms with Crippen molar-refractivity contribution >= 4 is 45.3 Å². The molecule has 2 N–H and O–H groups in total. The summed E-state index contributed by atoms with van der Waals surface area (Å²) in [5.74, 6) is -0.774. The number of hydrogen-bond donors (Lipinski definition) is 2. The number of fused-ring (bicyclic) bond motifs is 5. The van der Waals surface area contributed by atoms with Crippen LogP contribution in [0.4, 0.5) is 10.5 Å². The fraction of sp³-hybridized carbons (Fsp3) is 0.222. The van der Waals surface area contributed by atoms with Gasteiger partial charge in [-0.2, -0.15) is 0 Å². The van der Waals surface area contributed by atoms with E-state index < -0.39 is 17.5 Å². The quantitative estimate of drug-likeness (QED) is 0.457. The van der Waals surface area contributed by atoms with Crippen LogP contribution in [0.15, 0.2) is 66.7 Å². The summed E-state index contributed by atoms with van der Waals surface area (Å²) < 4.78 is 2.24. The Labute approximate surface area is 196 Å². The van der Waals surface area contributed by atoms with Gasteiger partial charge in [0.15, 0.2) is 0 Å². The molecule has 1 unspecified atom stereocenters. The van der Waals surface area contributed by atoms with Gasteiger partial charge in [-0.25, -0.2) is 4.79 Å². The average Bonchev–Trinajstić information content (AvgIpc) is 3.45. The molecule has 1 saturated heterocycles. The van der Waals surface area contributed by atoms with Crippen LogP contribution in [0.3, 0.4) is 0 Å². The molecule has 1 aromatic heterocycles. The number of aromatic nitrogens is 1. The number of para-hydroxylation sites is 1. The van der Waals surface area contributed by atoms with Crippen LogP contribution >= 0.6 is 0 Å². The van der Waals surface area contributed by atoms with Crippen molar-refractivity contribution < 1.29 is 14.4 Å². The highest BCUT2D eigenvalue weighted by atomic mass is 16.2. The minimum Gasteiger partial charge on any atom is -0.341 e. The van der Waals surface area contributed by atoms with Crippen LogP contribution in [0.25, 0.3) is 21.8 Å². The molecule has 2 heterocycles. The van der Waals surface area contributed by atoms with Crippen molar-refractivity contribution in [2.45, 2.75) is 31.8 Å². The Morgan fingerprint density at radius 3 is 2.62 bits per heavy atom. The molecule has 1 fully saturated rings. The molecule has 4 aromatic rings. The molecule has 0 saturated carbocycles. The summed E-state index contributed by atoms with van der Waals surface area (Å²) in [6, 6.07) is 21.1. The number of hydrogen-bond acceptors (Lipinski definition) is 3. The summed E-state index contributed by atoms with van der Waals surface area (Å²) >= 11 is 0. The second kappa shape index (κ2) is 7.45. The summed E-state index contributed by atoms with van der Waals surface area (Å²) in [5.41, 5.74) is 3.69. The van der Waals surface area contributed by atoms with E-state index in [1.807, 2.05) is 54.6 Å². The van der Waals surface area contributed by atoms with Gasteiger partial charge in [0.1, 0.15) is 12.1 Å². The van der Waals surface area contributed by atoms with Gasteiger partial charge in [0.05, 0.1) is 0 Å². The molecule has 1 aliphatic carbocycles. The van der Waals surface area contributed by atoms with E-state index in [1.165, 1.54) is 0 Å². The fourth-order valence-electron chi connectivity index (χ4n) is 5.55. The standard InChI is InChI=1S/C27H24N4O3/c1-2-30-22-10-6-4-8-19(22)20-15-18(11-12-23(20)30)28-24(32)16-31-25(33)27(29-26(31)34)14-13-17-7-3-5-9-21(17)27/h3-12,15H,2,13-14,16H2,1H3,(H,28,32)(H,29,34). The van der Waals surface area contributed by atoms with Gasteiger partial charge >= 0.3 is 6.03 Å². The molecule has 1 aliphatic heterocycles. The van der Waals surface area contributed by atoms with E-state index in [0.717, 1.165) is 44.4 Å². The number of nitrogens with one attached hydrogen (secondary N) is 2. The van der Waals surface area contributed by atoms with Gasteiger partial charge in [0.25, 0.3) is 5.91 Å². The summed E-state index contributed by atoms with van der Waals surface area (Å²) in [6.45, 7) is 2.62. The first-order valence-electron chi connectivity index (χ1n) is 11.5. The Hall–Kier alpha value is -4.13. The fourth-order valence-corrected chi connectivity index (χ4v) is 5.55. The zero-order chi connectivity index (χ0) is 23.4. The Kier molecular flexibility index (Phi) is 4.49. The molecule has 34 heavy (non-hydrogen) atoms. The number of carbonyl (C=O) groups excluding carboxylic acids is 3. The number of nitrogens with zero attached hydrogens (tertiary/aromatic N) is 2. The predicted octanol–water partition coefficient (Wildman–Crippen LogP) is 4.15. The maximum atomic E-state index is 13.3. The van der Waals surface area contributed by atoms with Crippen LogP contribution in [0, 0.1) is 0 Å². The van der Waals surface area contributed by atoms with Crippen molar-refractivity contribution in [2.75, 3.05) is 11.9 Å². The number of aryl methyl sites for hydroxylation is 2. The molecule has 170 valence electrons. The van der Waals surface area contributed by atoms with Crippen LogP contribution in [0.2, 0.25) is 0 Å². The van der Waals surface area contributed by atoms with Crippen molar-refractivity contribution in [2.24, 2.45) is 0 Å². The lowest BCUT2D eigenvalue weighted by Gasteiger charge is -2.22. The Balaban J connectivity index is 1.25. The molecule has 7 nitrogen and oxygen atoms in total. The van der Waals surface area contributed by atoms with Crippen LogP contribution in [-0.2, 0) is 28.1 Å². The molecule has 1 spiro atoms. The monoisotopic (exact) mass is 452 g/mol. The van der Waals surface area contributed by atoms with Gasteiger partial charge < -0.3 is 15.2 Å². The average molecular weight is 453 g/mol. The third-order valence-corrected chi connectivity index (χ3v) is 7.10. The highest BCUT2D eigenvalue weighted by molar-refractivity contribution is 6.12. The zero-order valence-corrected chi connectivity index (χ0v) is 18.8. The third-order valence-electron chi connectivity index (χ3n) is 7.10. The first-order valence-corrected chi connectivity index (χ1v) is 11.5. The van der Waals surface area contributed by atoms with Crippen molar-refractivity contribution in [1.82, 2.24) is 14.8 Å². The molecule has 4 amide bonds. The van der Waals surface area contributed by atoms with Crippen molar-refractivity contribution in [3.8, 4) is 0 Å². The van der Waals surface area contributed by atoms with Crippen molar-refractivity contribution in [3.63, 3.8) is 0 Å². The molecule has 3 aromatic carbocycles. The normalized spacial score (nSPS) is 19.3. The SMILES string of the molecule is CCn1c2ccccc2c2cc(NC(=O)CN3C(=O)NC4(CCc5ccccc54)C3=O)ccc21. The van der Waals surface area contributed by atoms with E-state index in [1.54, 1.807) is 0 Å². The minimum absolute atomic E-state index is 0.330. The smallest absolute Gasteiger partial charge is 0.325 e. The van der Waals surface area contributed by atoms with Crippen LogP contribution in [-0.4, -0.2) is 33.9 Å². The summed E-state index contributed by atoms with van der Waals surface area (Å²) in [7, 11) is 0. The molecule has 0 bridgehead atoms. The zero-order valence-electron chi connectivity index (χ0n) is 18.8. The van der Waals surface area contributed by atoms with Gasteiger partial charge in [-0.3, -0.25) is 14.5 Å². The van der Waals surface area contributed by atoms with E-state index in [0.29, 0.717) is 18.5 Å². The van der Waals surface area contributed by atoms with E-state index >= 15 is 0 Å². The summed E-state index contributed by atoms with van der Waals surface area (Å²) in [4.78, 5) is 39.9. The largest absolute Gasteiger partial charge is 0.341 e. The molecular weight excluding hydrogens is 428 g/mol. The summed E-state index contributed by atoms with van der Waals surface area (Å²) in [6.07, 6.45) is 1.22. The van der Waals surface area contributed by atoms with Gasteiger partial charge in [-0.05, 0) is 55.2 Å². The second-order valence-corrected chi connectivity index (χ2v) is 8.93. The Bertz CT molecular complexity index is 1500. The maximum absolute atomic E-state index is 13.3. The van der Waals surface area contributed by atoms with Crippen molar-refractivity contribution in [3.05, 3.63) is 77.9 Å². The van der Waals surface area contributed by atoms with Crippen molar-refractivity contribution in [1.29, 1.82) is 0 Å². The van der Waals surface area contributed by atoms with E-state index in [2.05, 4.69) is 34.3 Å². The van der Waals surface area contributed by atoms with Gasteiger partial charge in [-0.1, -0.05) is 42.5 Å². The molecule has 7 heteroatoms. The molecule has 2 aliphatic rings. The van der Waals surface area contributed by atoms with Crippen LogP contribution in [0.5, 0.6) is 0 Å². The number of rotatable bonds is 4. The third kappa shape index (κ3) is 2.86. The first-order chi connectivity index (χ1) is 16.5. The number of carbonyl (C=O) groups is 3. The van der Waals surface area contributed by atoms with Gasteiger partial charge in [0.2, 0.25) is 5.91 Å². The lowest BCUT2D eigenvalue weighted by molar-refractivity contribution is -0.134. The Morgan fingerprint density at radius 2 is 1.76 bits per heavy atom. The van der Waals surface area contributed by atoms with E-state index in [4.69, 9.17) is 0 Å². The molecule has 1 atom stereocenters. The second-order valence-electron chi connectivity index (χ2n) is 8.93. The van der Waals surface area contributed by atoms with Crippen LogP contribution in [0.1, 0.15) is 24.5 Å². The maximum Gasteiger partial charge on any atom is 0.325 e. The highest BCUT2D eigenvalue weighted by Gasteiger charge is 2.55. The first kappa shape index (κ1) is 20.5. The number of urea groups is 1. The van der Waals surface area contributed by atoms with Gasteiger partial charge in [0, 0.05) is 34.0 Å². The lowest BCUT2D eigenvalue weighted by Crippen LogP contribution is -2.42. The number of anilines is 1. The van der Waals surface area contributed by atoms with E-state index in [9.17, 15) is 14.4 Å². The number of benzene rings is 3. The number of imide groups is 1. The Morgan fingerprint density at radius 1 is 1.00 bits per heavy atom. The molecule has 0 radical (unpaired) electrons. The predicted molar refractivity (Wildman–Crippen MR) is 130 cm³/mol. The molecule has 6 rings (SSSR count).